The van der Waals surface area contributed by atoms with Crippen molar-refractivity contribution in [1.29, 1.82) is 0 Å². The van der Waals surface area contributed by atoms with Gasteiger partial charge in [0.1, 0.15) is 0 Å². The molecule has 5 saturated carbocycles. The minimum absolute atomic E-state index is 0.0394. The summed E-state index contributed by atoms with van der Waals surface area (Å²) in [6, 6.07) is 0.504. The van der Waals surface area contributed by atoms with Crippen LogP contribution in [0, 0.1) is 17.8 Å². The molecule has 5 aliphatic rings. The first kappa shape index (κ1) is 16.9. The van der Waals surface area contributed by atoms with Gasteiger partial charge in [-0.1, -0.05) is 32.1 Å². The van der Waals surface area contributed by atoms with Crippen molar-refractivity contribution in [1.82, 2.24) is 10.6 Å². The number of nitrogens with one attached hydrogen (secondary N) is 2. The highest BCUT2D eigenvalue weighted by molar-refractivity contribution is 5.82. The molecule has 0 aliphatic heterocycles. The minimum Gasteiger partial charge on any atom is -0.349 e. The van der Waals surface area contributed by atoms with Crippen molar-refractivity contribution < 1.29 is 4.79 Å². The molecule has 3 nitrogen and oxygen atoms in total. The second-order valence-electron chi connectivity index (χ2n) is 9.62. The molecule has 1 atom stereocenters. The Bertz CT molecular complexity index is 417. The lowest BCUT2D eigenvalue weighted by Crippen LogP contribution is -2.62. The van der Waals surface area contributed by atoms with Crippen molar-refractivity contribution in [2.45, 2.75) is 108 Å². The van der Waals surface area contributed by atoms with Gasteiger partial charge in [0.2, 0.25) is 5.91 Å². The average Bonchev–Trinajstić information content (AvgIpc) is 2.47. The van der Waals surface area contributed by atoms with Crippen LogP contribution in [0.1, 0.15) is 90.4 Å². The lowest BCUT2D eigenvalue weighted by atomic mass is 9.53. The summed E-state index contributed by atoms with van der Waals surface area (Å²) in [6.07, 6.45) is 17.3. The Morgan fingerprint density at radius 2 is 1.38 bits per heavy atom. The van der Waals surface area contributed by atoms with E-state index in [4.69, 9.17) is 0 Å². The van der Waals surface area contributed by atoms with Gasteiger partial charge < -0.3 is 10.6 Å². The van der Waals surface area contributed by atoms with Crippen molar-refractivity contribution in [3.63, 3.8) is 0 Å². The molecule has 0 radical (unpaired) electrons. The number of hydrogen-bond acceptors (Lipinski definition) is 2. The van der Waals surface area contributed by atoms with Gasteiger partial charge in [-0.25, -0.2) is 0 Å². The Labute approximate surface area is 147 Å². The molecule has 2 N–H and O–H groups in total. The molecule has 1 amide bonds. The van der Waals surface area contributed by atoms with Crippen molar-refractivity contribution in [3.8, 4) is 0 Å². The summed E-state index contributed by atoms with van der Waals surface area (Å²) in [5.74, 6) is 2.94. The second kappa shape index (κ2) is 6.97. The standard InChI is InChI=1S/C21H36N2O/c1-15(22-19-7-5-3-2-4-6-8-19)20(24)23-21-12-16-9-17(13-21)11-18(10-16)14-21/h15-19,22H,2-14H2,1H3,(H,23,24)/t15-,16?,17?,18?,21?/m0/s1. The summed E-state index contributed by atoms with van der Waals surface area (Å²) in [5, 5.41) is 7.20. The van der Waals surface area contributed by atoms with Gasteiger partial charge in [0.25, 0.3) is 0 Å². The largest absolute Gasteiger partial charge is 0.349 e. The zero-order chi connectivity index (χ0) is 16.6. The number of carbonyl (C=O) groups is 1. The van der Waals surface area contributed by atoms with Gasteiger partial charge in [-0.15, -0.1) is 0 Å². The number of carbonyl (C=O) groups excluding carboxylic acids is 1. The Hall–Kier alpha value is -0.570. The fourth-order valence-corrected chi connectivity index (χ4v) is 6.69. The highest BCUT2D eigenvalue weighted by atomic mass is 16.2. The van der Waals surface area contributed by atoms with Crippen LogP contribution < -0.4 is 10.6 Å². The third-order valence-corrected chi connectivity index (χ3v) is 7.41. The smallest absolute Gasteiger partial charge is 0.237 e. The molecule has 0 saturated heterocycles. The molecule has 4 bridgehead atoms. The highest BCUT2D eigenvalue weighted by Gasteiger charge is 2.51. The van der Waals surface area contributed by atoms with Gasteiger partial charge >= 0.3 is 0 Å². The first-order chi connectivity index (χ1) is 11.6. The summed E-state index contributed by atoms with van der Waals surface area (Å²) in [7, 11) is 0. The average molecular weight is 333 g/mol. The Morgan fingerprint density at radius 3 is 1.92 bits per heavy atom. The lowest BCUT2D eigenvalue weighted by molar-refractivity contribution is -0.128. The molecule has 0 aromatic carbocycles. The van der Waals surface area contributed by atoms with E-state index in [-0.39, 0.29) is 17.5 Å². The maximum atomic E-state index is 12.9. The Morgan fingerprint density at radius 1 is 0.875 bits per heavy atom. The van der Waals surface area contributed by atoms with Crippen LogP contribution in [0.4, 0.5) is 0 Å². The van der Waals surface area contributed by atoms with Crippen LogP contribution in [0.2, 0.25) is 0 Å². The molecule has 0 heterocycles. The third-order valence-electron chi connectivity index (χ3n) is 7.41. The van der Waals surface area contributed by atoms with E-state index in [9.17, 15) is 4.79 Å². The molecule has 5 aliphatic carbocycles. The fraction of sp³-hybridized carbons (Fsp3) is 0.952. The van der Waals surface area contributed by atoms with Crippen molar-refractivity contribution in [2.24, 2.45) is 17.8 Å². The minimum atomic E-state index is -0.0394. The van der Waals surface area contributed by atoms with Gasteiger partial charge in [-0.3, -0.25) is 4.79 Å². The van der Waals surface area contributed by atoms with Crippen LogP contribution in [-0.2, 0) is 4.79 Å². The quantitative estimate of drug-likeness (QED) is 0.811. The number of amides is 1. The maximum Gasteiger partial charge on any atom is 0.237 e. The summed E-state index contributed by atoms with van der Waals surface area (Å²) >= 11 is 0. The van der Waals surface area contributed by atoms with Gasteiger partial charge in [0, 0.05) is 11.6 Å². The van der Waals surface area contributed by atoms with E-state index in [0.29, 0.717) is 6.04 Å². The van der Waals surface area contributed by atoms with Gasteiger partial charge in [-0.05, 0) is 76.0 Å². The van der Waals surface area contributed by atoms with E-state index < -0.39 is 0 Å². The van der Waals surface area contributed by atoms with Gasteiger partial charge in [-0.2, -0.15) is 0 Å². The molecule has 5 rings (SSSR count). The van der Waals surface area contributed by atoms with Crippen LogP contribution in [0.5, 0.6) is 0 Å². The molecule has 24 heavy (non-hydrogen) atoms. The van der Waals surface area contributed by atoms with E-state index in [1.807, 2.05) is 0 Å². The molecule has 0 unspecified atom stereocenters. The highest BCUT2D eigenvalue weighted by Crippen LogP contribution is 2.55. The van der Waals surface area contributed by atoms with Crippen molar-refractivity contribution >= 4 is 5.91 Å². The normalized spacial score (nSPS) is 40.8. The summed E-state index contributed by atoms with van der Waals surface area (Å²) in [6.45, 7) is 2.08. The molecule has 0 aromatic heterocycles. The predicted molar refractivity (Wildman–Crippen MR) is 97.8 cm³/mol. The molecular formula is C21H36N2O. The van der Waals surface area contributed by atoms with E-state index in [1.165, 1.54) is 83.5 Å². The fourth-order valence-electron chi connectivity index (χ4n) is 6.69. The van der Waals surface area contributed by atoms with E-state index >= 15 is 0 Å². The lowest BCUT2D eigenvalue weighted by Gasteiger charge is -2.57. The number of hydrogen-bond donors (Lipinski definition) is 2. The third kappa shape index (κ3) is 3.66. The predicted octanol–water partition coefficient (Wildman–Crippen LogP) is 4.16. The molecule has 5 fully saturated rings. The topological polar surface area (TPSA) is 41.1 Å². The van der Waals surface area contributed by atoms with E-state index in [2.05, 4.69) is 17.6 Å². The summed E-state index contributed by atoms with van der Waals surface area (Å²) in [4.78, 5) is 12.9. The first-order valence-electron chi connectivity index (χ1n) is 10.7. The van der Waals surface area contributed by atoms with Gasteiger partial charge in [0.15, 0.2) is 0 Å². The monoisotopic (exact) mass is 332 g/mol. The van der Waals surface area contributed by atoms with Crippen LogP contribution in [0.25, 0.3) is 0 Å². The van der Waals surface area contributed by atoms with Crippen molar-refractivity contribution in [3.05, 3.63) is 0 Å². The number of rotatable bonds is 4. The summed E-state index contributed by atoms with van der Waals surface area (Å²) < 4.78 is 0. The zero-order valence-electron chi connectivity index (χ0n) is 15.5. The second-order valence-corrected chi connectivity index (χ2v) is 9.62. The Balaban J connectivity index is 1.32. The first-order valence-corrected chi connectivity index (χ1v) is 10.7. The zero-order valence-corrected chi connectivity index (χ0v) is 15.5. The van der Waals surface area contributed by atoms with Crippen LogP contribution in [-0.4, -0.2) is 23.5 Å². The Kier molecular flexibility index (Phi) is 4.90. The van der Waals surface area contributed by atoms with Gasteiger partial charge in [0.05, 0.1) is 6.04 Å². The molecule has 0 spiro atoms. The van der Waals surface area contributed by atoms with E-state index in [0.717, 1.165) is 17.8 Å². The molecule has 0 aromatic rings. The molecular weight excluding hydrogens is 296 g/mol. The van der Waals surface area contributed by atoms with Crippen LogP contribution in [0.15, 0.2) is 0 Å². The van der Waals surface area contributed by atoms with E-state index in [1.54, 1.807) is 0 Å². The van der Waals surface area contributed by atoms with Crippen LogP contribution >= 0.6 is 0 Å². The SMILES string of the molecule is C[C@H](NC1CCCCCCC1)C(=O)NC12CC3CC(CC(C3)C1)C2. The summed E-state index contributed by atoms with van der Waals surface area (Å²) in [5.41, 5.74) is 0.155. The van der Waals surface area contributed by atoms with Crippen molar-refractivity contribution in [2.75, 3.05) is 0 Å². The molecule has 3 heteroatoms. The van der Waals surface area contributed by atoms with Crippen LogP contribution in [0.3, 0.4) is 0 Å². The molecule has 136 valence electrons. The maximum absolute atomic E-state index is 12.9.